The number of rotatable bonds is 2. The molecule has 2 aliphatic rings. The van der Waals surface area contributed by atoms with Crippen molar-refractivity contribution in [1.29, 1.82) is 0 Å². The summed E-state index contributed by atoms with van der Waals surface area (Å²) < 4.78 is 79.5. The lowest BCUT2D eigenvalue weighted by Gasteiger charge is -2.50. The summed E-state index contributed by atoms with van der Waals surface area (Å²) in [5.41, 5.74) is -5.42. The van der Waals surface area contributed by atoms with Crippen LogP contribution in [0.4, 0.5) is 26.3 Å². The number of halogens is 6. The molecule has 2 rings (SSSR count). The lowest BCUT2D eigenvalue weighted by atomic mass is 9.57. The summed E-state index contributed by atoms with van der Waals surface area (Å²) in [6, 6.07) is 0. The quantitative estimate of drug-likeness (QED) is 0.489. The van der Waals surface area contributed by atoms with E-state index in [1.54, 1.807) is 0 Å². The van der Waals surface area contributed by atoms with Gasteiger partial charge in [0.1, 0.15) is 0 Å². The minimum absolute atomic E-state index is 0.000787. The van der Waals surface area contributed by atoms with E-state index in [0.29, 0.717) is 19.8 Å². The predicted molar refractivity (Wildman–Crippen MR) is 58.3 cm³/mol. The van der Waals surface area contributed by atoms with E-state index in [1.165, 1.54) is 6.08 Å². The van der Waals surface area contributed by atoms with Crippen LogP contribution in [0.2, 0.25) is 0 Å². The lowest BCUT2D eigenvalue weighted by Crippen LogP contribution is -2.59. The first kappa shape index (κ1) is 14.7. The Balaban J connectivity index is 2.59. The largest absolute Gasteiger partial charge is 0.403 e. The highest BCUT2D eigenvalue weighted by molar-refractivity contribution is 5.17. The third-order valence-corrected chi connectivity index (χ3v) is 5.36. The Morgan fingerprint density at radius 1 is 1.11 bits per heavy atom. The van der Waals surface area contributed by atoms with Crippen molar-refractivity contribution in [3.63, 3.8) is 0 Å². The van der Waals surface area contributed by atoms with E-state index in [4.69, 9.17) is 0 Å². The Labute approximate surface area is 107 Å². The average Bonchev–Trinajstić information content (AvgIpc) is 2.82. The van der Waals surface area contributed by atoms with Crippen LogP contribution < -0.4 is 0 Å². The van der Waals surface area contributed by atoms with Crippen molar-refractivity contribution in [2.24, 2.45) is 22.7 Å². The van der Waals surface area contributed by atoms with Crippen LogP contribution in [0.15, 0.2) is 12.7 Å². The summed E-state index contributed by atoms with van der Waals surface area (Å²) in [4.78, 5) is 0. The highest BCUT2D eigenvalue weighted by Gasteiger charge is 2.79. The third kappa shape index (κ3) is 1.67. The van der Waals surface area contributed by atoms with Crippen LogP contribution in [0, 0.1) is 22.7 Å². The Morgan fingerprint density at radius 2 is 1.63 bits per heavy atom. The Bertz CT molecular complexity index is 366. The second-order valence-corrected chi connectivity index (χ2v) is 5.96. The van der Waals surface area contributed by atoms with Crippen LogP contribution >= 0.6 is 0 Å². The van der Waals surface area contributed by atoms with Gasteiger partial charge in [-0.25, -0.2) is 0 Å². The molecule has 0 spiro atoms. The predicted octanol–water partition coefficient (Wildman–Crippen LogP) is 5.11. The summed E-state index contributed by atoms with van der Waals surface area (Å²) in [6.45, 7) is 3.78. The van der Waals surface area contributed by atoms with Crippen molar-refractivity contribution in [2.75, 3.05) is 0 Å². The highest BCUT2D eigenvalue weighted by atomic mass is 19.4. The van der Waals surface area contributed by atoms with Crippen LogP contribution in [0.3, 0.4) is 0 Å². The standard InChI is InChI=1S/C13H16F6/c1-3-9-6-8-4-5-11(9,7-8)10(2,12(14,15)16)13(17,18)19/h3,8-9H,1,4-7H2,2H3. The van der Waals surface area contributed by atoms with Crippen LogP contribution in [0.25, 0.3) is 0 Å². The SMILES string of the molecule is C=CC1CC2CCC1(C(C)(C(F)(F)F)C(F)(F)F)C2. The van der Waals surface area contributed by atoms with Crippen LogP contribution in [-0.4, -0.2) is 12.4 Å². The summed E-state index contributed by atoms with van der Waals surface area (Å²) in [5.74, 6) is -0.744. The van der Waals surface area contributed by atoms with Gasteiger partial charge < -0.3 is 0 Å². The molecule has 19 heavy (non-hydrogen) atoms. The zero-order chi connectivity index (χ0) is 14.7. The Hall–Kier alpha value is -0.680. The highest BCUT2D eigenvalue weighted by Crippen LogP contribution is 2.73. The molecule has 3 atom stereocenters. The van der Waals surface area contributed by atoms with Gasteiger partial charge >= 0.3 is 12.4 Å². The molecule has 0 heterocycles. The third-order valence-electron chi connectivity index (χ3n) is 5.36. The summed E-state index contributed by atoms with van der Waals surface area (Å²) in [7, 11) is 0. The minimum Gasteiger partial charge on any atom is -0.170 e. The lowest BCUT2D eigenvalue weighted by molar-refractivity contribution is -0.374. The molecule has 110 valence electrons. The second-order valence-electron chi connectivity index (χ2n) is 5.96. The fourth-order valence-electron chi connectivity index (χ4n) is 4.18. The molecule has 2 aliphatic carbocycles. The molecule has 6 heteroatoms. The van der Waals surface area contributed by atoms with Crippen LogP contribution in [0.5, 0.6) is 0 Å². The first-order chi connectivity index (χ1) is 8.49. The maximum atomic E-state index is 13.3. The van der Waals surface area contributed by atoms with E-state index in [2.05, 4.69) is 6.58 Å². The van der Waals surface area contributed by atoms with Gasteiger partial charge in [-0.15, -0.1) is 6.58 Å². The van der Waals surface area contributed by atoms with E-state index >= 15 is 0 Å². The summed E-state index contributed by atoms with van der Waals surface area (Å²) in [6.07, 6.45) is -8.49. The number of hydrogen-bond acceptors (Lipinski definition) is 0. The zero-order valence-electron chi connectivity index (χ0n) is 10.5. The molecule has 3 unspecified atom stereocenters. The van der Waals surface area contributed by atoms with Gasteiger partial charge in [-0.3, -0.25) is 0 Å². The number of fused-ring (bicyclic) bond motifs is 2. The molecule has 2 fully saturated rings. The molecular formula is C13H16F6. The first-order valence-corrected chi connectivity index (χ1v) is 6.25. The molecule has 0 aromatic heterocycles. The van der Waals surface area contributed by atoms with Crippen molar-refractivity contribution < 1.29 is 26.3 Å². The maximum Gasteiger partial charge on any atom is 0.403 e. The van der Waals surface area contributed by atoms with Crippen molar-refractivity contribution >= 4 is 0 Å². The average molecular weight is 286 g/mol. The molecule has 0 radical (unpaired) electrons. The van der Waals surface area contributed by atoms with E-state index in [1.807, 2.05) is 0 Å². The molecule has 0 aliphatic heterocycles. The molecule has 0 N–H and O–H groups in total. The van der Waals surface area contributed by atoms with Crippen molar-refractivity contribution in [3.8, 4) is 0 Å². The maximum absolute atomic E-state index is 13.3. The van der Waals surface area contributed by atoms with Crippen LogP contribution in [-0.2, 0) is 0 Å². The first-order valence-electron chi connectivity index (χ1n) is 6.25. The van der Waals surface area contributed by atoms with Gasteiger partial charge in [-0.2, -0.15) is 26.3 Å². The topological polar surface area (TPSA) is 0 Å². The molecular weight excluding hydrogens is 270 g/mol. The van der Waals surface area contributed by atoms with E-state index < -0.39 is 29.1 Å². The molecule has 2 saturated carbocycles. The fourth-order valence-corrected chi connectivity index (χ4v) is 4.18. The zero-order valence-corrected chi connectivity index (χ0v) is 10.5. The van der Waals surface area contributed by atoms with Crippen molar-refractivity contribution in [3.05, 3.63) is 12.7 Å². The molecule has 0 aromatic carbocycles. The van der Waals surface area contributed by atoms with Crippen LogP contribution in [0.1, 0.15) is 32.6 Å². The van der Waals surface area contributed by atoms with Gasteiger partial charge in [-0.1, -0.05) is 6.08 Å². The molecule has 0 amide bonds. The smallest absolute Gasteiger partial charge is 0.170 e. The molecule has 0 aromatic rings. The fraction of sp³-hybridized carbons (Fsp3) is 0.846. The van der Waals surface area contributed by atoms with E-state index in [-0.39, 0.29) is 18.8 Å². The molecule has 0 saturated heterocycles. The van der Waals surface area contributed by atoms with Gasteiger partial charge in [0.15, 0.2) is 5.41 Å². The Kier molecular flexibility index (Phi) is 3.03. The normalized spacial score (nSPS) is 35.7. The van der Waals surface area contributed by atoms with Crippen molar-refractivity contribution in [1.82, 2.24) is 0 Å². The Morgan fingerprint density at radius 3 is 2.00 bits per heavy atom. The van der Waals surface area contributed by atoms with Gasteiger partial charge in [0.2, 0.25) is 0 Å². The van der Waals surface area contributed by atoms with Gasteiger partial charge in [0, 0.05) is 0 Å². The second kappa shape index (κ2) is 3.92. The summed E-state index contributed by atoms with van der Waals surface area (Å²) in [5, 5.41) is 0. The molecule has 2 bridgehead atoms. The van der Waals surface area contributed by atoms with Gasteiger partial charge in [0.25, 0.3) is 0 Å². The summed E-state index contributed by atoms with van der Waals surface area (Å²) >= 11 is 0. The van der Waals surface area contributed by atoms with Gasteiger partial charge in [0.05, 0.1) is 0 Å². The minimum atomic E-state index is -5.30. The van der Waals surface area contributed by atoms with E-state index in [0.717, 1.165) is 0 Å². The van der Waals surface area contributed by atoms with Crippen molar-refractivity contribution in [2.45, 2.75) is 45.0 Å². The van der Waals surface area contributed by atoms with Gasteiger partial charge in [-0.05, 0) is 49.9 Å². The number of hydrogen-bond donors (Lipinski definition) is 0. The molecule has 0 nitrogen and oxygen atoms in total. The number of allylic oxidation sites excluding steroid dienone is 1. The number of alkyl halides is 6. The monoisotopic (exact) mass is 286 g/mol. The van der Waals surface area contributed by atoms with E-state index in [9.17, 15) is 26.3 Å².